The molecule has 1 aliphatic rings. The van der Waals surface area contributed by atoms with Crippen LogP contribution in [0.4, 0.5) is 5.69 Å². The molecule has 0 aliphatic carbocycles. The maximum absolute atomic E-state index is 12.0. The predicted molar refractivity (Wildman–Crippen MR) is 125 cm³/mol. The van der Waals surface area contributed by atoms with Crippen LogP contribution in [-0.4, -0.2) is 25.0 Å². The van der Waals surface area contributed by atoms with E-state index in [2.05, 4.69) is 55.1 Å². The second kappa shape index (κ2) is 10.7. The summed E-state index contributed by atoms with van der Waals surface area (Å²) < 4.78 is 1.05. The molecule has 27 heavy (non-hydrogen) atoms. The lowest BCUT2D eigenvalue weighted by molar-refractivity contribution is -0.116. The highest BCUT2D eigenvalue weighted by molar-refractivity contribution is 14.0. The molecule has 1 unspecified atom stereocenters. The van der Waals surface area contributed by atoms with E-state index in [1.165, 1.54) is 5.56 Å². The van der Waals surface area contributed by atoms with Gasteiger partial charge in [-0.05, 0) is 36.2 Å². The van der Waals surface area contributed by atoms with Crippen molar-refractivity contribution in [2.75, 3.05) is 18.4 Å². The molecule has 0 radical (unpaired) electrons. The second-order valence-corrected chi connectivity index (χ2v) is 7.16. The third kappa shape index (κ3) is 6.21. The van der Waals surface area contributed by atoms with Crippen molar-refractivity contribution >= 4 is 57.5 Å². The van der Waals surface area contributed by atoms with Crippen molar-refractivity contribution in [2.45, 2.75) is 25.8 Å². The average molecular weight is 543 g/mol. The minimum absolute atomic E-state index is 0. The summed E-state index contributed by atoms with van der Waals surface area (Å²) in [6.07, 6.45) is 0.481. The number of hydrogen-bond donors (Lipinski definition) is 3. The molecule has 5 nitrogen and oxygen atoms in total. The Morgan fingerprint density at radius 2 is 2.04 bits per heavy atom. The maximum Gasteiger partial charge on any atom is 0.225 e. The number of hydrogen-bond acceptors (Lipinski definition) is 2. The number of carbonyl (C=O) groups is 1. The lowest BCUT2D eigenvalue weighted by atomic mass is 9.90. The fourth-order valence-electron chi connectivity index (χ4n) is 3.05. The molecule has 7 heteroatoms. The predicted octanol–water partition coefficient (Wildman–Crippen LogP) is 4.25. The van der Waals surface area contributed by atoms with Crippen LogP contribution in [-0.2, 0) is 11.3 Å². The summed E-state index contributed by atoms with van der Waals surface area (Å²) in [6, 6.07) is 16.1. The van der Waals surface area contributed by atoms with Crippen molar-refractivity contribution < 1.29 is 4.79 Å². The maximum atomic E-state index is 12.0. The topological polar surface area (TPSA) is 65.5 Å². The van der Waals surface area contributed by atoms with Crippen molar-refractivity contribution in [2.24, 2.45) is 4.99 Å². The number of nitrogens with one attached hydrogen (secondary N) is 3. The highest BCUT2D eigenvalue weighted by Crippen LogP contribution is 2.31. The number of halogens is 2. The molecule has 1 heterocycles. The molecule has 3 N–H and O–H groups in total. The van der Waals surface area contributed by atoms with E-state index in [-0.39, 0.29) is 35.8 Å². The van der Waals surface area contributed by atoms with Crippen LogP contribution in [0.2, 0.25) is 0 Å². The lowest BCUT2D eigenvalue weighted by Gasteiger charge is -2.26. The molecule has 144 valence electrons. The van der Waals surface area contributed by atoms with Gasteiger partial charge in [0.2, 0.25) is 5.91 Å². The standard InChI is InChI=1S/C20H23BrN4O.HI/c1-2-22-20(23-12-14-6-5-7-16(21)10-14)24-13-15-11-19(26)25-18-9-4-3-8-17(15)18;/h3-10,15H,2,11-13H2,1H3,(H,25,26)(H2,22,23,24);1H. The monoisotopic (exact) mass is 542 g/mol. The van der Waals surface area contributed by atoms with Gasteiger partial charge in [0.1, 0.15) is 0 Å². The third-order valence-electron chi connectivity index (χ3n) is 4.28. The summed E-state index contributed by atoms with van der Waals surface area (Å²) in [5.74, 6) is 0.956. The Balaban J connectivity index is 0.00000261. The van der Waals surface area contributed by atoms with Crippen molar-refractivity contribution in [3.8, 4) is 0 Å². The van der Waals surface area contributed by atoms with Crippen LogP contribution >= 0.6 is 39.9 Å². The van der Waals surface area contributed by atoms with Crippen LogP contribution in [0.3, 0.4) is 0 Å². The van der Waals surface area contributed by atoms with E-state index in [0.717, 1.165) is 28.2 Å². The largest absolute Gasteiger partial charge is 0.357 e. The summed E-state index contributed by atoms with van der Waals surface area (Å²) in [5, 5.41) is 9.59. The van der Waals surface area contributed by atoms with Crippen molar-refractivity contribution in [1.29, 1.82) is 0 Å². The molecule has 1 amide bonds. The Kier molecular flexibility index (Phi) is 8.56. The molecule has 1 aliphatic heterocycles. The number of aliphatic imine (C=N–C) groups is 1. The molecule has 0 bridgehead atoms. The third-order valence-corrected chi connectivity index (χ3v) is 4.77. The van der Waals surface area contributed by atoms with E-state index in [1.54, 1.807) is 0 Å². The first-order chi connectivity index (χ1) is 12.7. The van der Waals surface area contributed by atoms with Gasteiger partial charge < -0.3 is 16.0 Å². The normalized spacial score (nSPS) is 16.0. The van der Waals surface area contributed by atoms with E-state index >= 15 is 0 Å². The summed E-state index contributed by atoms with van der Waals surface area (Å²) in [5.41, 5.74) is 3.22. The molecule has 1 atom stereocenters. The minimum Gasteiger partial charge on any atom is -0.357 e. The number of fused-ring (bicyclic) bond motifs is 1. The fraction of sp³-hybridized carbons (Fsp3) is 0.300. The molecular weight excluding hydrogens is 519 g/mol. The highest BCUT2D eigenvalue weighted by Gasteiger charge is 2.24. The van der Waals surface area contributed by atoms with E-state index < -0.39 is 0 Å². The Labute approximate surface area is 185 Å². The molecule has 0 aromatic heterocycles. The molecule has 2 aromatic carbocycles. The number of nitrogens with zero attached hydrogens (tertiary/aromatic N) is 1. The molecule has 0 saturated carbocycles. The number of guanidine groups is 1. The van der Waals surface area contributed by atoms with E-state index in [0.29, 0.717) is 19.5 Å². The van der Waals surface area contributed by atoms with E-state index in [1.807, 2.05) is 37.3 Å². The van der Waals surface area contributed by atoms with Crippen LogP contribution in [0, 0.1) is 0 Å². The number of rotatable bonds is 5. The van der Waals surface area contributed by atoms with Crippen molar-refractivity contribution in [3.63, 3.8) is 0 Å². The quantitative estimate of drug-likeness (QED) is 0.301. The van der Waals surface area contributed by atoms with Gasteiger partial charge in [0.05, 0.1) is 6.54 Å². The van der Waals surface area contributed by atoms with Gasteiger partial charge in [-0.2, -0.15) is 0 Å². The Morgan fingerprint density at radius 1 is 1.22 bits per heavy atom. The zero-order chi connectivity index (χ0) is 18.4. The van der Waals surface area contributed by atoms with Crippen LogP contribution in [0.1, 0.15) is 30.4 Å². The van der Waals surface area contributed by atoms with E-state index in [4.69, 9.17) is 0 Å². The minimum atomic E-state index is 0. The van der Waals surface area contributed by atoms with Gasteiger partial charge in [0.25, 0.3) is 0 Å². The van der Waals surface area contributed by atoms with Crippen LogP contribution in [0.5, 0.6) is 0 Å². The first-order valence-corrected chi connectivity index (χ1v) is 9.60. The number of anilines is 1. The van der Waals surface area contributed by atoms with Crippen LogP contribution in [0.15, 0.2) is 58.0 Å². The molecule has 2 aromatic rings. The lowest BCUT2D eigenvalue weighted by Crippen LogP contribution is -2.40. The summed E-state index contributed by atoms with van der Waals surface area (Å²) >= 11 is 3.49. The summed E-state index contributed by atoms with van der Waals surface area (Å²) in [4.78, 5) is 16.6. The highest BCUT2D eigenvalue weighted by atomic mass is 127. The Hall–Kier alpha value is -1.61. The number of carbonyl (C=O) groups excluding carboxylic acids is 1. The van der Waals surface area contributed by atoms with Crippen LogP contribution in [0.25, 0.3) is 0 Å². The zero-order valence-corrected chi connectivity index (χ0v) is 19.1. The Bertz CT molecular complexity index is 812. The number of benzene rings is 2. The van der Waals surface area contributed by atoms with E-state index in [9.17, 15) is 4.79 Å². The first-order valence-electron chi connectivity index (χ1n) is 8.81. The number of amides is 1. The van der Waals surface area contributed by atoms with Gasteiger partial charge in [0.15, 0.2) is 5.96 Å². The average Bonchev–Trinajstić information content (AvgIpc) is 2.63. The fourth-order valence-corrected chi connectivity index (χ4v) is 3.50. The summed E-state index contributed by atoms with van der Waals surface area (Å²) in [7, 11) is 0. The van der Waals surface area contributed by atoms with Crippen molar-refractivity contribution in [3.05, 3.63) is 64.1 Å². The molecule has 0 saturated heterocycles. The van der Waals surface area contributed by atoms with Gasteiger partial charge in [-0.1, -0.05) is 46.3 Å². The number of para-hydroxylation sites is 1. The first kappa shape index (κ1) is 21.7. The Morgan fingerprint density at radius 3 is 2.81 bits per heavy atom. The van der Waals surface area contributed by atoms with Gasteiger partial charge in [0, 0.05) is 35.6 Å². The van der Waals surface area contributed by atoms with Gasteiger partial charge in [-0.25, -0.2) is 4.99 Å². The zero-order valence-electron chi connectivity index (χ0n) is 15.2. The van der Waals surface area contributed by atoms with Gasteiger partial charge in [-0.15, -0.1) is 24.0 Å². The second-order valence-electron chi connectivity index (χ2n) is 6.24. The van der Waals surface area contributed by atoms with Gasteiger partial charge in [-0.3, -0.25) is 4.79 Å². The summed E-state index contributed by atoms with van der Waals surface area (Å²) in [6.45, 7) is 4.08. The van der Waals surface area contributed by atoms with Gasteiger partial charge >= 0.3 is 0 Å². The van der Waals surface area contributed by atoms with Crippen molar-refractivity contribution in [1.82, 2.24) is 10.6 Å². The molecular formula is C20H24BrIN4O. The van der Waals surface area contributed by atoms with Crippen LogP contribution < -0.4 is 16.0 Å². The SMILES string of the molecule is CCNC(=NCc1cccc(Br)c1)NCC1CC(=O)Nc2ccccc21.I. The molecule has 3 rings (SSSR count). The molecule has 0 fully saturated rings. The smallest absolute Gasteiger partial charge is 0.225 e. The molecule has 0 spiro atoms.